The van der Waals surface area contributed by atoms with E-state index in [0.29, 0.717) is 46.7 Å². The maximum atomic E-state index is 14.9. The van der Waals surface area contributed by atoms with Crippen molar-refractivity contribution in [2.24, 2.45) is 10.7 Å². The van der Waals surface area contributed by atoms with Gasteiger partial charge in [-0.2, -0.15) is 4.39 Å². The molecule has 0 radical (unpaired) electrons. The average molecular weight is 409 g/mol. The van der Waals surface area contributed by atoms with Gasteiger partial charge in [-0.05, 0) is 35.9 Å². The Labute approximate surface area is 170 Å². The fourth-order valence-electron chi connectivity index (χ4n) is 4.01. The number of fused-ring (bicyclic) bond motifs is 4. The van der Waals surface area contributed by atoms with E-state index in [1.807, 2.05) is 0 Å². The van der Waals surface area contributed by atoms with E-state index in [4.69, 9.17) is 19.9 Å². The molecular weight excluding hydrogens is 392 g/mol. The fraction of sp³-hybridized carbons (Fsp3) is 0.182. The standard InChI is InChI=1S/C22H17F2N3O3/c1-28-13-10-16-19(17(23)11-13)29-18-5-4-12(14-3-2-7-26-20(14)24)9-15(18)22(16)6-8-27-21(25)30-22/h2-5,7,9-11H,6,8H2,1H3,(H2,25,27). The van der Waals surface area contributed by atoms with Crippen LogP contribution in [0.2, 0.25) is 0 Å². The molecule has 5 rings (SSSR count). The summed E-state index contributed by atoms with van der Waals surface area (Å²) in [5, 5.41) is 0. The van der Waals surface area contributed by atoms with Gasteiger partial charge in [-0.3, -0.25) is 0 Å². The minimum atomic E-state index is -1.15. The second kappa shape index (κ2) is 6.69. The van der Waals surface area contributed by atoms with Crippen LogP contribution >= 0.6 is 0 Å². The Morgan fingerprint density at radius 1 is 1.13 bits per heavy atom. The molecular formula is C22H17F2N3O3. The molecule has 1 atom stereocenters. The Kier molecular flexibility index (Phi) is 4.09. The predicted molar refractivity (Wildman–Crippen MR) is 106 cm³/mol. The van der Waals surface area contributed by atoms with Gasteiger partial charge in [0.05, 0.1) is 7.11 Å². The molecule has 6 nitrogen and oxygen atoms in total. The molecule has 8 heteroatoms. The summed E-state index contributed by atoms with van der Waals surface area (Å²) in [6.45, 7) is 0.370. The van der Waals surface area contributed by atoms with E-state index in [1.165, 1.54) is 19.4 Å². The van der Waals surface area contributed by atoms with Crippen molar-refractivity contribution in [2.45, 2.75) is 12.0 Å². The number of ether oxygens (including phenoxy) is 3. The SMILES string of the molecule is COc1cc(F)c2c(c1)C1(CCN=C(N)O1)c1cc(-c3cccnc3F)ccc1O2. The van der Waals surface area contributed by atoms with Crippen LogP contribution in [0.4, 0.5) is 8.78 Å². The number of benzene rings is 2. The summed E-state index contributed by atoms with van der Waals surface area (Å²) in [4.78, 5) is 7.84. The third kappa shape index (κ3) is 2.67. The van der Waals surface area contributed by atoms with Crippen molar-refractivity contribution in [1.29, 1.82) is 0 Å². The molecule has 0 amide bonds. The van der Waals surface area contributed by atoms with E-state index < -0.39 is 17.4 Å². The van der Waals surface area contributed by atoms with E-state index in [0.717, 1.165) is 0 Å². The van der Waals surface area contributed by atoms with Crippen LogP contribution in [0.3, 0.4) is 0 Å². The van der Waals surface area contributed by atoms with E-state index in [1.54, 1.807) is 36.4 Å². The number of hydrogen-bond donors (Lipinski definition) is 1. The molecule has 0 saturated heterocycles. The molecule has 3 aromatic rings. The fourth-order valence-corrected chi connectivity index (χ4v) is 4.01. The zero-order valence-corrected chi connectivity index (χ0v) is 16.0. The summed E-state index contributed by atoms with van der Waals surface area (Å²) in [5.74, 6) is -0.423. The first-order valence-corrected chi connectivity index (χ1v) is 9.32. The van der Waals surface area contributed by atoms with Crippen molar-refractivity contribution in [3.8, 4) is 28.4 Å². The lowest BCUT2D eigenvalue weighted by Crippen LogP contribution is -2.42. The first kappa shape index (κ1) is 18.4. The maximum absolute atomic E-state index is 14.9. The van der Waals surface area contributed by atoms with Crippen molar-refractivity contribution >= 4 is 6.02 Å². The maximum Gasteiger partial charge on any atom is 0.283 e. The number of hydrogen-bond acceptors (Lipinski definition) is 6. The molecule has 0 saturated carbocycles. The zero-order chi connectivity index (χ0) is 20.9. The lowest BCUT2D eigenvalue weighted by atomic mass is 9.79. The van der Waals surface area contributed by atoms with Crippen molar-refractivity contribution in [2.75, 3.05) is 13.7 Å². The smallest absolute Gasteiger partial charge is 0.283 e. The first-order valence-electron chi connectivity index (χ1n) is 9.32. The van der Waals surface area contributed by atoms with E-state index >= 15 is 0 Å². The minimum absolute atomic E-state index is 0.0127. The summed E-state index contributed by atoms with van der Waals surface area (Å²) in [6.07, 6.45) is 1.77. The highest BCUT2D eigenvalue weighted by Crippen LogP contribution is 2.54. The normalized spacial score (nSPS) is 19.2. The molecule has 0 aliphatic carbocycles. The second-order valence-corrected chi connectivity index (χ2v) is 7.04. The molecule has 0 bridgehead atoms. The van der Waals surface area contributed by atoms with Crippen LogP contribution in [-0.2, 0) is 10.3 Å². The van der Waals surface area contributed by atoms with Crippen LogP contribution in [0.25, 0.3) is 11.1 Å². The summed E-state index contributed by atoms with van der Waals surface area (Å²) >= 11 is 0. The van der Waals surface area contributed by atoms with E-state index in [2.05, 4.69) is 9.98 Å². The third-order valence-electron chi connectivity index (χ3n) is 5.39. The number of rotatable bonds is 2. The number of aromatic nitrogens is 1. The van der Waals surface area contributed by atoms with Gasteiger partial charge in [0, 0.05) is 41.9 Å². The Morgan fingerprint density at radius 3 is 2.77 bits per heavy atom. The monoisotopic (exact) mass is 409 g/mol. The van der Waals surface area contributed by atoms with Gasteiger partial charge in [-0.1, -0.05) is 6.07 Å². The van der Waals surface area contributed by atoms with Gasteiger partial charge in [0.15, 0.2) is 17.2 Å². The number of methoxy groups -OCH3 is 1. The Morgan fingerprint density at radius 2 is 2.00 bits per heavy atom. The minimum Gasteiger partial charge on any atom is -0.497 e. The highest BCUT2D eigenvalue weighted by molar-refractivity contribution is 5.76. The number of aliphatic imine (C=N–C) groups is 1. The zero-order valence-electron chi connectivity index (χ0n) is 16.0. The highest BCUT2D eigenvalue weighted by Gasteiger charge is 2.48. The molecule has 2 aliphatic rings. The molecule has 152 valence electrons. The third-order valence-corrected chi connectivity index (χ3v) is 5.39. The van der Waals surface area contributed by atoms with Crippen LogP contribution < -0.4 is 15.2 Å². The van der Waals surface area contributed by atoms with Gasteiger partial charge < -0.3 is 19.9 Å². The van der Waals surface area contributed by atoms with Crippen molar-refractivity contribution in [1.82, 2.24) is 4.98 Å². The van der Waals surface area contributed by atoms with Gasteiger partial charge >= 0.3 is 0 Å². The quantitative estimate of drug-likeness (QED) is 0.644. The average Bonchev–Trinajstić information content (AvgIpc) is 2.75. The predicted octanol–water partition coefficient (Wildman–Crippen LogP) is 4.12. The van der Waals surface area contributed by atoms with Crippen molar-refractivity contribution in [3.63, 3.8) is 0 Å². The molecule has 1 unspecified atom stereocenters. The molecule has 1 spiro atoms. The van der Waals surface area contributed by atoms with Crippen LogP contribution in [0.1, 0.15) is 17.5 Å². The summed E-state index contributed by atoms with van der Waals surface area (Å²) in [6, 6.07) is 11.3. The molecule has 30 heavy (non-hydrogen) atoms. The van der Waals surface area contributed by atoms with Gasteiger partial charge in [-0.15, -0.1) is 0 Å². The molecule has 2 N–H and O–H groups in total. The van der Waals surface area contributed by atoms with Crippen LogP contribution in [0.15, 0.2) is 53.7 Å². The Balaban J connectivity index is 1.77. The first-order chi connectivity index (χ1) is 14.5. The van der Waals surface area contributed by atoms with E-state index in [-0.39, 0.29) is 11.8 Å². The molecule has 2 aromatic carbocycles. The number of nitrogens with two attached hydrogens (primary N) is 1. The van der Waals surface area contributed by atoms with Gasteiger partial charge in [0.25, 0.3) is 6.02 Å². The van der Waals surface area contributed by atoms with Crippen molar-refractivity contribution in [3.05, 3.63) is 71.6 Å². The number of halogens is 2. The lowest BCUT2D eigenvalue weighted by Gasteiger charge is -2.41. The van der Waals surface area contributed by atoms with Crippen LogP contribution in [0.5, 0.6) is 17.2 Å². The van der Waals surface area contributed by atoms with Crippen LogP contribution in [0, 0.1) is 11.8 Å². The second-order valence-electron chi connectivity index (χ2n) is 7.04. The van der Waals surface area contributed by atoms with Gasteiger partial charge in [0.1, 0.15) is 11.5 Å². The number of nitrogens with zero attached hydrogens (tertiary/aromatic N) is 2. The summed E-state index contributed by atoms with van der Waals surface area (Å²) in [5.41, 5.74) is 6.72. The molecule has 2 aliphatic heterocycles. The summed E-state index contributed by atoms with van der Waals surface area (Å²) < 4.78 is 46.4. The highest BCUT2D eigenvalue weighted by atomic mass is 19.1. The molecule has 0 fully saturated rings. The van der Waals surface area contributed by atoms with E-state index in [9.17, 15) is 8.78 Å². The number of amidine groups is 1. The largest absolute Gasteiger partial charge is 0.497 e. The molecule has 3 heterocycles. The topological polar surface area (TPSA) is 79.0 Å². The lowest BCUT2D eigenvalue weighted by molar-refractivity contribution is 0.0624. The van der Waals surface area contributed by atoms with Gasteiger partial charge in [-0.25, -0.2) is 14.4 Å². The summed E-state index contributed by atoms with van der Waals surface area (Å²) in [7, 11) is 1.45. The molecule has 1 aromatic heterocycles. The van der Waals surface area contributed by atoms with Crippen LogP contribution in [-0.4, -0.2) is 24.7 Å². The van der Waals surface area contributed by atoms with Gasteiger partial charge in [0.2, 0.25) is 5.95 Å². The Hall–Kier alpha value is -3.68. The van der Waals surface area contributed by atoms with Crippen molar-refractivity contribution < 1.29 is 23.0 Å². The number of pyridine rings is 1. The Bertz CT molecular complexity index is 1200.